The van der Waals surface area contributed by atoms with E-state index >= 15 is 0 Å². The lowest BCUT2D eigenvalue weighted by molar-refractivity contribution is 0.141. The number of rotatable bonds is 6. The van der Waals surface area contributed by atoms with Gasteiger partial charge in [-0.1, -0.05) is 11.6 Å². The second kappa shape index (κ2) is 5.65. The molecule has 1 unspecified atom stereocenters. The number of hydrogen-bond donors (Lipinski definition) is 1. The molecule has 1 atom stereocenters. The van der Waals surface area contributed by atoms with E-state index in [-0.39, 0.29) is 6.04 Å². The quantitative estimate of drug-likeness (QED) is 0.794. The lowest BCUT2D eigenvalue weighted by Gasteiger charge is -2.14. The molecule has 0 spiro atoms. The first-order chi connectivity index (χ1) is 8.19. The summed E-state index contributed by atoms with van der Waals surface area (Å²) in [4.78, 5) is 8.73. The first kappa shape index (κ1) is 12.6. The lowest BCUT2D eigenvalue weighted by Crippen LogP contribution is -2.22. The highest BCUT2D eigenvalue weighted by Gasteiger charge is 2.27. The summed E-state index contributed by atoms with van der Waals surface area (Å²) >= 11 is 5.99. The molecule has 1 N–H and O–H groups in total. The van der Waals surface area contributed by atoms with Gasteiger partial charge in [-0.15, -0.1) is 0 Å². The van der Waals surface area contributed by atoms with Gasteiger partial charge in [-0.05, 0) is 26.7 Å². The van der Waals surface area contributed by atoms with Crippen LogP contribution in [0, 0.1) is 0 Å². The van der Waals surface area contributed by atoms with Crippen LogP contribution in [0.3, 0.4) is 0 Å². The third kappa shape index (κ3) is 3.82. The van der Waals surface area contributed by atoms with Crippen molar-refractivity contribution in [1.82, 2.24) is 9.97 Å². The Morgan fingerprint density at radius 2 is 2.29 bits per heavy atom. The normalized spacial score (nSPS) is 16.9. The molecule has 1 aliphatic carbocycles. The Kier molecular flexibility index (Phi) is 4.18. The van der Waals surface area contributed by atoms with Gasteiger partial charge in [0.1, 0.15) is 16.8 Å². The number of nitrogens with one attached hydrogen (secondary N) is 1. The maximum absolute atomic E-state index is 5.99. The average molecular weight is 256 g/mol. The van der Waals surface area contributed by atoms with Crippen LogP contribution in [-0.4, -0.2) is 29.2 Å². The van der Waals surface area contributed by atoms with Crippen LogP contribution in [0.15, 0.2) is 6.07 Å². The summed E-state index contributed by atoms with van der Waals surface area (Å²) in [5.74, 6) is 2.17. The maximum Gasteiger partial charge on any atom is 0.135 e. The van der Waals surface area contributed by atoms with Crippen molar-refractivity contribution in [3.05, 3.63) is 17.0 Å². The first-order valence-electron chi connectivity index (χ1n) is 6.07. The molecule has 1 saturated carbocycles. The Morgan fingerprint density at radius 3 is 2.94 bits per heavy atom. The average Bonchev–Trinajstić information content (AvgIpc) is 3.09. The number of ether oxygens (including phenoxy) is 1. The van der Waals surface area contributed by atoms with E-state index in [4.69, 9.17) is 16.3 Å². The second-order valence-corrected chi connectivity index (χ2v) is 4.80. The van der Waals surface area contributed by atoms with Crippen LogP contribution in [0.4, 0.5) is 5.82 Å². The van der Waals surface area contributed by atoms with Crippen LogP contribution in [0.2, 0.25) is 5.15 Å². The Balaban J connectivity index is 1.99. The molecule has 0 bridgehead atoms. The maximum atomic E-state index is 5.99. The predicted octanol–water partition coefficient (Wildman–Crippen LogP) is 2.84. The molecule has 0 saturated heterocycles. The fourth-order valence-electron chi connectivity index (χ4n) is 1.62. The van der Waals surface area contributed by atoms with E-state index in [0.717, 1.165) is 18.2 Å². The number of hydrogen-bond acceptors (Lipinski definition) is 4. The number of halogens is 1. The summed E-state index contributed by atoms with van der Waals surface area (Å²) in [6.07, 6.45) is 2.35. The van der Waals surface area contributed by atoms with Crippen molar-refractivity contribution in [2.45, 2.75) is 38.6 Å². The predicted molar refractivity (Wildman–Crippen MR) is 68.6 cm³/mol. The fourth-order valence-corrected chi connectivity index (χ4v) is 1.81. The Hall–Kier alpha value is -0.870. The van der Waals surface area contributed by atoms with Gasteiger partial charge in [0.15, 0.2) is 0 Å². The van der Waals surface area contributed by atoms with Crippen LogP contribution in [0.5, 0.6) is 0 Å². The first-order valence-corrected chi connectivity index (χ1v) is 6.45. The van der Waals surface area contributed by atoms with Gasteiger partial charge in [-0.25, -0.2) is 9.97 Å². The Labute approximate surface area is 107 Å². The van der Waals surface area contributed by atoms with E-state index in [0.29, 0.717) is 17.7 Å². The highest BCUT2D eigenvalue weighted by molar-refractivity contribution is 6.29. The van der Waals surface area contributed by atoms with Gasteiger partial charge < -0.3 is 10.1 Å². The Morgan fingerprint density at radius 1 is 1.53 bits per heavy atom. The minimum Gasteiger partial charge on any atom is -0.380 e. The third-order valence-electron chi connectivity index (χ3n) is 2.62. The summed E-state index contributed by atoms with van der Waals surface area (Å²) in [6.45, 7) is 5.43. The topological polar surface area (TPSA) is 47.0 Å². The summed E-state index contributed by atoms with van der Waals surface area (Å²) in [5.41, 5.74) is 0. The van der Waals surface area contributed by atoms with E-state index < -0.39 is 0 Å². The van der Waals surface area contributed by atoms with Crippen LogP contribution in [0.25, 0.3) is 0 Å². The highest BCUT2D eigenvalue weighted by Crippen LogP contribution is 2.38. The van der Waals surface area contributed by atoms with E-state index in [1.54, 1.807) is 6.07 Å². The molecular weight excluding hydrogens is 238 g/mol. The standard InChI is InChI=1S/C12H18ClN3O/c1-3-17-7-8(2)14-11-6-10(13)15-12(16-11)9-4-5-9/h6,8-9H,3-5,7H2,1-2H3,(H,14,15,16). The number of nitrogens with zero attached hydrogens (tertiary/aromatic N) is 2. The zero-order valence-electron chi connectivity index (χ0n) is 10.2. The van der Waals surface area contributed by atoms with E-state index in [1.807, 2.05) is 6.92 Å². The van der Waals surface area contributed by atoms with Gasteiger partial charge in [0.05, 0.1) is 6.61 Å². The molecule has 0 aromatic carbocycles. The van der Waals surface area contributed by atoms with Crippen molar-refractivity contribution in [3.63, 3.8) is 0 Å². The summed E-state index contributed by atoms with van der Waals surface area (Å²) in [7, 11) is 0. The van der Waals surface area contributed by atoms with Gasteiger partial charge >= 0.3 is 0 Å². The lowest BCUT2D eigenvalue weighted by atomic mass is 10.3. The molecular formula is C12H18ClN3O. The molecule has 1 fully saturated rings. The van der Waals surface area contributed by atoms with Crippen molar-refractivity contribution in [2.24, 2.45) is 0 Å². The van der Waals surface area contributed by atoms with Crippen molar-refractivity contribution in [3.8, 4) is 0 Å². The molecule has 2 rings (SSSR count). The molecule has 0 aliphatic heterocycles. The zero-order chi connectivity index (χ0) is 12.3. The summed E-state index contributed by atoms with van der Waals surface area (Å²) < 4.78 is 5.35. The van der Waals surface area contributed by atoms with Crippen molar-refractivity contribution in [2.75, 3.05) is 18.5 Å². The van der Waals surface area contributed by atoms with Crippen molar-refractivity contribution in [1.29, 1.82) is 0 Å². The van der Waals surface area contributed by atoms with Gasteiger partial charge in [-0.3, -0.25) is 0 Å². The van der Waals surface area contributed by atoms with E-state index in [1.165, 1.54) is 12.8 Å². The van der Waals surface area contributed by atoms with Crippen LogP contribution < -0.4 is 5.32 Å². The zero-order valence-corrected chi connectivity index (χ0v) is 11.0. The molecule has 0 amide bonds. The van der Waals surface area contributed by atoms with Crippen LogP contribution in [0.1, 0.15) is 38.4 Å². The monoisotopic (exact) mass is 255 g/mol. The molecule has 4 nitrogen and oxygen atoms in total. The van der Waals surface area contributed by atoms with Crippen LogP contribution in [-0.2, 0) is 4.74 Å². The molecule has 5 heteroatoms. The molecule has 0 radical (unpaired) electrons. The minimum atomic E-state index is 0.216. The molecule has 1 heterocycles. The molecule has 1 aromatic heterocycles. The SMILES string of the molecule is CCOCC(C)Nc1cc(Cl)nc(C2CC2)n1. The summed E-state index contributed by atoms with van der Waals surface area (Å²) in [6, 6.07) is 1.98. The minimum absolute atomic E-state index is 0.216. The Bertz CT molecular complexity index is 382. The van der Waals surface area contributed by atoms with Crippen molar-refractivity contribution < 1.29 is 4.74 Å². The largest absolute Gasteiger partial charge is 0.380 e. The molecule has 1 aromatic rings. The molecule has 94 valence electrons. The molecule has 17 heavy (non-hydrogen) atoms. The van der Waals surface area contributed by atoms with E-state index in [9.17, 15) is 0 Å². The highest BCUT2D eigenvalue weighted by atomic mass is 35.5. The van der Waals surface area contributed by atoms with Crippen molar-refractivity contribution >= 4 is 17.4 Å². The van der Waals surface area contributed by atoms with E-state index in [2.05, 4.69) is 22.2 Å². The van der Waals surface area contributed by atoms with Gasteiger partial charge in [0, 0.05) is 24.6 Å². The smallest absolute Gasteiger partial charge is 0.135 e. The van der Waals surface area contributed by atoms with Gasteiger partial charge in [-0.2, -0.15) is 0 Å². The fraction of sp³-hybridized carbons (Fsp3) is 0.667. The third-order valence-corrected chi connectivity index (χ3v) is 2.81. The molecule has 1 aliphatic rings. The summed E-state index contributed by atoms with van der Waals surface area (Å²) in [5, 5.41) is 3.79. The second-order valence-electron chi connectivity index (χ2n) is 4.41. The number of anilines is 1. The van der Waals surface area contributed by atoms with Crippen LogP contribution >= 0.6 is 11.6 Å². The number of aromatic nitrogens is 2. The van der Waals surface area contributed by atoms with Gasteiger partial charge in [0.2, 0.25) is 0 Å². The van der Waals surface area contributed by atoms with Gasteiger partial charge in [0.25, 0.3) is 0 Å².